The van der Waals surface area contributed by atoms with E-state index in [1.165, 1.54) is 13.2 Å². The van der Waals surface area contributed by atoms with Crippen molar-refractivity contribution in [2.24, 2.45) is 0 Å². The Morgan fingerprint density at radius 1 is 1.29 bits per heavy atom. The van der Waals surface area contributed by atoms with Crippen molar-refractivity contribution in [3.8, 4) is 0 Å². The molecule has 0 aromatic carbocycles. The molecule has 21 heavy (non-hydrogen) atoms. The first-order chi connectivity index (χ1) is 9.69. The summed E-state index contributed by atoms with van der Waals surface area (Å²) in [6, 6.07) is -0.987. The second kappa shape index (κ2) is 8.99. The number of rotatable bonds is 7. The Bertz CT molecular complexity index is 385. The molecule has 0 bridgehead atoms. The van der Waals surface area contributed by atoms with E-state index in [-0.39, 0.29) is 19.4 Å². The summed E-state index contributed by atoms with van der Waals surface area (Å²) in [4.78, 5) is 34.6. The van der Waals surface area contributed by atoms with E-state index in [1.807, 2.05) is 0 Å². The molecule has 1 N–H and O–H groups in total. The lowest BCUT2D eigenvalue weighted by Gasteiger charge is -2.22. The average molecular weight is 301 g/mol. The second-order valence-corrected chi connectivity index (χ2v) is 5.23. The molecule has 0 spiro atoms. The third-order valence-corrected chi connectivity index (χ3v) is 2.18. The standard InChI is InChI=1S/C14H23NO6/c1-6-9-20-12(17)10(7-8-11(16)19-5)15-13(18)21-14(2,3)4/h6,10H,1,7-9H2,2-5H3,(H,15,18)/t10-/m0/s1. The molecule has 1 amide bonds. The zero-order chi connectivity index (χ0) is 16.5. The lowest BCUT2D eigenvalue weighted by atomic mass is 10.1. The smallest absolute Gasteiger partial charge is 0.408 e. The van der Waals surface area contributed by atoms with Crippen molar-refractivity contribution >= 4 is 18.0 Å². The molecule has 0 aliphatic heterocycles. The van der Waals surface area contributed by atoms with Gasteiger partial charge in [0.25, 0.3) is 0 Å². The normalized spacial score (nSPS) is 12.0. The molecular weight excluding hydrogens is 278 g/mol. The fourth-order valence-corrected chi connectivity index (χ4v) is 1.30. The predicted octanol–water partition coefficient (Wildman–Crippen LogP) is 1.56. The van der Waals surface area contributed by atoms with Gasteiger partial charge in [-0.1, -0.05) is 12.7 Å². The van der Waals surface area contributed by atoms with Gasteiger partial charge in [-0.15, -0.1) is 0 Å². The number of esters is 2. The van der Waals surface area contributed by atoms with Gasteiger partial charge in [-0.2, -0.15) is 0 Å². The number of carbonyl (C=O) groups is 3. The third kappa shape index (κ3) is 9.48. The summed E-state index contributed by atoms with van der Waals surface area (Å²) in [5.74, 6) is -1.15. The van der Waals surface area contributed by atoms with Crippen LogP contribution in [0.5, 0.6) is 0 Å². The zero-order valence-corrected chi connectivity index (χ0v) is 12.9. The van der Waals surface area contributed by atoms with Gasteiger partial charge in [0.15, 0.2) is 0 Å². The minimum atomic E-state index is -0.987. The Kier molecular flexibility index (Phi) is 8.11. The van der Waals surface area contributed by atoms with Crippen molar-refractivity contribution < 1.29 is 28.6 Å². The van der Waals surface area contributed by atoms with E-state index in [2.05, 4.69) is 16.6 Å². The number of ether oxygens (including phenoxy) is 3. The van der Waals surface area contributed by atoms with E-state index < -0.39 is 29.7 Å². The van der Waals surface area contributed by atoms with Gasteiger partial charge in [0.05, 0.1) is 7.11 Å². The average Bonchev–Trinajstić information content (AvgIpc) is 2.38. The number of hydrogen-bond donors (Lipinski definition) is 1. The minimum absolute atomic E-state index is 0.0174. The highest BCUT2D eigenvalue weighted by Crippen LogP contribution is 2.08. The Morgan fingerprint density at radius 3 is 2.38 bits per heavy atom. The number of amides is 1. The first kappa shape index (κ1) is 18.9. The molecule has 0 heterocycles. The van der Waals surface area contributed by atoms with Crippen molar-refractivity contribution in [3.05, 3.63) is 12.7 Å². The SMILES string of the molecule is C=CCOC(=O)[C@H](CCC(=O)OC)NC(=O)OC(C)(C)C. The maximum absolute atomic E-state index is 11.8. The van der Waals surface area contributed by atoms with E-state index in [1.54, 1.807) is 20.8 Å². The van der Waals surface area contributed by atoms with Crippen LogP contribution < -0.4 is 5.32 Å². The van der Waals surface area contributed by atoms with Crippen molar-refractivity contribution in [1.29, 1.82) is 0 Å². The molecule has 7 heteroatoms. The highest BCUT2D eigenvalue weighted by molar-refractivity contribution is 5.82. The van der Waals surface area contributed by atoms with Crippen LogP contribution in [0.3, 0.4) is 0 Å². The molecular formula is C14H23NO6. The van der Waals surface area contributed by atoms with Crippen molar-refractivity contribution in [1.82, 2.24) is 5.32 Å². The van der Waals surface area contributed by atoms with Gasteiger partial charge < -0.3 is 19.5 Å². The van der Waals surface area contributed by atoms with Crippen LogP contribution in [0.1, 0.15) is 33.6 Å². The van der Waals surface area contributed by atoms with Crippen molar-refractivity contribution in [2.75, 3.05) is 13.7 Å². The number of alkyl carbamates (subject to hydrolysis) is 1. The van der Waals surface area contributed by atoms with Crippen LogP contribution in [0, 0.1) is 0 Å². The number of methoxy groups -OCH3 is 1. The summed E-state index contributed by atoms with van der Waals surface area (Å²) >= 11 is 0. The Hall–Kier alpha value is -2.05. The monoisotopic (exact) mass is 301 g/mol. The highest BCUT2D eigenvalue weighted by atomic mass is 16.6. The van der Waals surface area contributed by atoms with E-state index in [4.69, 9.17) is 9.47 Å². The van der Waals surface area contributed by atoms with E-state index in [9.17, 15) is 14.4 Å². The topological polar surface area (TPSA) is 90.9 Å². The lowest BCUT2D eigenvalue weighted by Crippen LogP contribution is -2.44. The van der Waals surface area contributed by atoms with Gasteiger partial charge in [0.2, 0.25) is 0 Å². The van der Waals surface area contributed by atoms with Crippen molar-refractivity contribution in [3.63, 3.8) is 0 Å². The molecule has 0 unspecified atom stereocenters. The molecule has 0 saturated carbocycles. The van der Waals surface area contributed by atoms with Gasteiger partial charge in [-0.05, 0) is 27.2 Å². The summed E-state index contributed by atoms with van der Waals surface area (Å²) < 4.78 is 14.4. The molecule has 0 aliphatic carbocycles. The maximum Gasteiger partial charge on any atom is 0.408 e. The summed E-state index contributed by atoms with van der Waals surface area (Å²) in [5, 5.41) is 2.38. The molecule has 0 aromatic heterocycles. The Morgan fingerprint density at radius 2 is 1.90 bits per heavy atom. The first-order valence-corrected chi connectivity index (χ1v) is 6.53. The molecule has 0 saturated heterocycles. The fraction of sp³-hybridized carbons (Fsp3) is 0.643. The van der Waals surface area contributed by atoms with Crippen LogP contribution in [0.15, 0.2) is 12.7 Å². The summed E-state index contributed by atoms with van der Waals surface area (Å²) in [5.41, 5.74) is -0.692. The van der Waals surface area contributed by atoms with Crippen LogP contribution in [0.4, 0.5) is 4.79 Å². The molecule has 7 nitrogen and oxygen atoms in total. The molecule has 0 fully saturated rings. The number of nitrogens with one attached hydrogen (secondary N) is 1. The van der Waals surface area contributed by atoms with Crippen LogP contribution in [0.25, 0.3) is 0 Å². The third-order valence-electron chi connectivity index (χ3n) is 2.18. The van der Waals surface area contributed by atoms with Crippen molar-refractivity contribution in [2.45, 2.75) is 45.3 Å². The van der Waals surface area contributed by atoms with Gasteiger partial charge in [-0.25, -0.2) is 9.59 Å². The summed E-state index contributed by atoms with van der Waals surface area (Å²) in [6.07, 6.45) is 0.679. The Labute approximate surface area is 124 Å². The highest BCUT2D eigenvalue weighted by Gasteiger charge is 2.26. The minimum Gasteiger partial charge on any atom is -0.469 e. The van der Waals surface area contributed by atoms with E-state index in [0.717, 1.165) is 0 Å². The summed E-state index contributed by atoms with van der Waals surface area (Å²) in [6.45, 7) is 8.54. The van der Waals surface area contributed by atoms with E-state index >= 15 is 0 Å². The van der Waals surface area contributed by atoms with Gasteiger partial charge >= 0.3 is 18.0 Å². The van der Waals surface area contributed by atoms with Gasteiger partial charge in [0.1, 0.15) is 18.2 Å². The zero-order valence-electron chi connectivity index (χ0n) is 12.9. The number of hydrogen-bond acceptors (Lipinski definition) is 6. The summed E-state index contributed by atoms with van der Waals surface area (Å²) in [7, 11) is 1.24. The molecule has 120 valence electrons. The fourth-order valence-electron chi connectivity index (χ4n) is 1.30. The largest absolute Gasteiger partial charge is 0.469 e. The predicted molar refractivity (Wildman–Crippen MR) is 75.6 cm³/mol. The first-order valence-electron chi connectivity index (χ1n) is 6.53. The molecule has 1 atom stereocenters. The molecule has 0 aliphatic rings. The number of carbonyl (C=O) groups excluding carboxylic acids is 3. The maximum atomic E-state index is 11.8. The van der Waals surface area contributed by atoms with Crippen LogP contribution >= 0.6 is 0 Å². The quantitative estimate of drug-likeness (QED) is 0.436. The van der Waals surface area contributed by atoms with Gasteiger partial charge in [-0.3, -0.25) is 4.79 Å². The second-order valence-electron chi connectivity index (χ2n) is 5.23. The molecule has 0 rings (SSSR count). The van der Waals surface area contributed by atoms with Crippen LogP contribution in [0.2, 0.25) is 0 Å². The van der Waals surface area contributed by atoms with Crippen LogP contribution in [-0.4, -0.2) is 43.4 Å². The molecule has 0 aromatic rings. The van der Waals surface area contributed by atoms with Crippen LogP contribution in [-0.2, 0) is 23.8 Å². The Balaban J connectivity index is 4.63. The molecule has 0 radical (unpaired) electrons. The van der Waals surface area contributed by atoms with E-state index in [0.29, 0.717) is 0 Å². The van der Waals surface area contributed by atoms with Gasteiger partial charge in [0, 0.05) is 6.42 Å². The lowest BCUT2D eigenvalue weighted by molar-refractivity contribution is -0.146.